The Kier molecular flexibility index (Phi) is 7.60. The van der Waals surface area contributed by atoms with Gasteiger partial charge in [0.05, 0.1) is 17.8 Å². The summed E-state index contributed by atoms with van der Waals surface area (Å²) in [5, 5.41) is 2.99. The maximum Gasteiger partial charge on any atom is 0.258 e. The second-order valence-corrected chi connectivity index (χ2v) is 9.64. The van der Waals surface area contributed by atoms with Crippen molar-refractivity contribution in [3.05, 3.63) is 128 Å². The second kappa shape index (κ2) is 10.8. The Hall–Kier alpha value is -3.22. The van der Waals surface area contributed by atoms with Gasteiger partial charge in [0.15, 0.2) is 0 Å². The molecule has 4 aromatic carbocycles. The third kappa shape index (κ3) is 5.64. The van der Waals surface area contributed by atoms with Gasteiger partial charge in [-0.2, -0.15) is 0 Å². The maximum absolute atomic E-state index is 13.7. The standard InChI is InChI=1S/C28H22Br2N2O2/c1-19-6-2-4-8-25(19)31-27(33)24-7-3-5-9-26(24)32(18-20-10-14-22(29)15-11-20)28(34)21-12-16-23(30)17-13-21/h2-17H,18H2,1H3,(H,31,33). The lowest BCUT2D eigenvalue weighted by molar-refractivity contribution is 0.0985. The molecule has 0 spiro atoms. The first kappa shape index (κ1) is 23.9. The van der Waals surface area contributed by atoms with Crippen LogP contribution in [0.3, 0.4) is 0 Å². The molecule has 0 aromatic heterocycles. The van der Waals surface area contributed by atoms with Gasteiger partial charge in [0.1, 0.15) is 0 Å². The molecular weight excluding hydrogens is 556 g/mol. The first-order valence-corrected chi connectivity index (χ1v) is 12.3. The third-order valence-corrected chi connectivity index (χ3v) is 6.48. The van der Waals surface area contributed by atoms with Crippen LogP contribution in [0.4, 0.5) is 11.4 Å². The SMILES string of the molecule is Cc1ccccc1NC(=O)c1ccccc1N(Cc1ccc(Br)cc1)C(=O)c1ccc(Br)cc1. The number of rotatable bonds is 6. The molecule has 2 amide bonds. The fraction of sp³-hybridized carbons (Fsp3) is 0.0714. The quantitative estimate of drug-likeness (QED) is 0.256. The van der Waals surface area contributed by atoms with Gasteiger partial charge in [-0.15, -0.1) is 0 Å². The molecule has 4 nitrogen and oxygen atoms in total. The van der Waals surface area contributed by atoms with Crippen molar-refractivity contribution >= 4 is 55.0 Å². The van der Waals surface area contributed by atoms with Gasteiger partial charge in [-0.1, -0.05) is 74.3 Å². The van der Waals surface area contributed by atoms with Crippen LogP contribution in [-0.2, 0) is 6.54 Å². The number of hydrogen-bond donors (Lipinski definition) is 1. The van der Waals surface area contributed by atoms with Crippen molar-refractivity contribution in [2.24, 2.45) is 0 Å². The highest BCUT2D eigenvalue weighted by molar-refractivity contribution is 9.10. The van der Waals surface area contributed by atoms with E-state index in [2.05, 4.69) is 37.2 Å². The fourth-order valence-corrected chi connectivity index (χ4v) is 4.12. The minimum Gasteiger partial charge on any atom is -0.322 e. The smallest absolute Gasteiger partial charge is 0.258 e. The Morgan fingerprint density at radius 2 is 1.35 bits per heavy atom. The van der Waals surface area contributed by atoms with Gasteiger partial charge in [-0.25, -0.2) is 0 Å². The van der Waals surface area contributed by atoms with Crippen molar-refractivity contribution in [2.45, 2.75) is 13.5 Å². The molecule has 4 rings (SSSR count). The zero-order valence-corrected chi connectivity index (χ0v) is 21.6. The monoisotopic (exact) mass is 576 g/mol. The van der Waals surface area contributed by atoms with Crippen LogP contribution >= 0.6 is 31.9 Å². The number of carbonyl (C=O) groups excluding carboxylic acids is 2. The second-order valence-electron chi connectivity index (χ2n) is 7.81. The average molecular weight is 578 g/mol. The summed E-state index contributed by atoms with van der Waals surface area (Å²) in [5.74, 6) is -0.458. The van der Waals surface area contributed by atoms with Gasteiger partial charge in [0.25, 0.3) is 11.8 Å². The molecule has 0 bridgehead atoms. The number of nitrogens with one attached hydrogen (secondary N) is 1. The predicted molar refractivity (Wildman–Crippen MR) is 144 cm³/mol. The molecule has 0 unspecified atom stereocenters. The van der Waals surface area contributed by atoms with E-state index in [0.717, 1.165) is 25.8 Å². The minimum absolute atomic E-state index is 0.188. The van der Waals surface area contributed by atoms with Crippen molar-refractivity contribution in [1.29, 1.82) is 0 Å². The largest absolute Gasteiger partial charge is 0.322 e. The van der Waals surface area contributed by atoms with Crippen LogP contribution in [0.2, 0.25) is 0 Å². The van der Waals surface area contributed by atoms with Gasteiger partial charge in [-0.3, -0.25) is 9.59 Å². The highest BCUT2D eigenvalue weighted by Crippen LogP contribution is 2.27. The number of carbonyl (C=O) groups is 2. The molecule has 0 fully saturated rings. The van der Waals surface area contributed by atoms with Gasteiger partial charge >= 0.3 is 0 Å². The number of para-hydroxylation sites is 2. The lowest BCUT2D eigenvalue weighted by Crippen LogP contribution is -2.32. The van der Waals surface area contributed by atoms with Crippen molar-refractivity contribution in [3.8, 4) is 0 Å². The van der Waals surface area contributed by atoms with Crippen LogP contribution < -0.4 is 10.2 Å². The van der Waals surface area contributed by atoms with E-state index in [1.165, 1.54) is 0 Å². The normalized spacial score (nSPS) is 10.6. The predicted octanol–water partition coefficient (Wildman–Crippen LogP) is 7.62. The van der Waals surface area contributed by atoms with E-state index in [1.54, 1.807) is 29.2 Å². The van der Waals surface area contributed by atoms with Crippen molar-refractivity contribution in [2.75, 3.05) is 10.2 Å². The number of nitrogens with zero attached hydrogens (tertiary/aromatic N) is 1. The summed E-state index contributed by atoms with van der Waals surface area (Å²) in [5.41, 5.74) is 4.15. The number of hydrogen-bond acceptors (Lipinski definition) is 2. The zero-order valence-electron chi connectivity index (χ0n) is 18.5. The Morgan fingerprint density at radius 3 is 2.03 bits per heavy atom. The van der Waals surface area contributed by atoms with Gasteiger partial charge in [0.2, 0.25) is 0 Å². The molecule has 6 heteroatoms. The van der Waals surface area contributed by atoms with Gasteiger partial charge in [-0.05, 0) is 72.6 Å². The molecule has 0 aliphatic heterocycles. The molecule has 0 aliphatic carbocycles. The van der Waals surface area contributed by atoms with Crippen molar-refractivity contribution in [1.82, 2.24) is 0 Å². The van der Waals surface area contributed by atoms with Crippen LogP contribution in [0.1, 0.15) is 31.8 Å². The van der Waals surface area contributed by atoms with Crippen LogP contribution in [-0.4, -0.2) is 11.8 Å². The summed E-state index contributed by atoms with van der Waals surface area (Å²) < 4.78 is 1.85. The van der Waals surface area contributed by atoms with E-state index >= 15 is 0 Å². The van der Waals surface area contributed by atoms with E-state index in [1.807, 2.05) is 79.7 Å². The Bertz CT molecular complexity index is 1320. The number of amides is 2. The van der Waals surface area contributed by atoms with E-state index in [4.69, 9.17) is 0 Å². The van der Waals surface area contributed by atoms with Gasteiger partial charge < -0.3 is 10.2 Å². The molecule has 0 saturated carbocycles. The minimum atomic E-state index is -0.269. The first-order chi connectivity index (χ1) is 16.4. The highest BCUT2D eigenvalue weighted by atomic mass is 79.9. The average Bonchev–Trinajstić information content (AvgIpc) is 2.85. The molecule has 34 heavy (non-hydrogen) atoms. The van der Waals surface area contributed by atoms with Crippen LogP contribution in [0, 0.1) is 6.92 Å². The molecule has 170 valence electrons. The molecule has 0 atom stereocenters. The lowest BCUT2D eigenvalue weighted by atomic mass is 10.1. The first-order valence-electron chi connectivity index (χ1n) is 10.7. The highest BCUT2D eigenvalue weighted by Gasteiger charge is 2.23. The summed E-state index contributed by atoms with van der Waals surface area (Å²) in [6.07, 6.45) is 0. The van der Waals surface area contributed by atoms with Crippen LogP contribution in [0.15, 0.2) is 106 Å². The number of halogens is 2. The third-order valence-electron chi connectivity index (χ3n) is 5.42. The molecular formula is C28H22Br2N2O2. The summed E-state index contributed by atoms with van der Waals surface area (Å²) in [4.78, 5) is 28.7. The topological polar surface area (TPSA) is 49.4 Å². The molecule has 1 N–H and O–H groups in total. The summed E-state index contributed by atoms with van der Waals surface area (Å²) in [6.45, 7) is 2.26. The molecule has 4 aromatic rings. The molecule has 0 aliphatic rings. The lowest BCUT2D eigenvalue weighted by Gasteiger charge is -2.25. The molecule has 0 heterocycles. The number of anilines is 2. The van der Waals surface area contributed by atoms with E-state index in [0.29, 0.717) is 23.4 Å². The summed E-state index contributed by atoms with van der Waals surface area (Å²) in [7, 11) is 0. The molecule has 0 saturated heterocycles. The fourth-order valence-electron chi connectivity index (χ4n) is 3.59. The van der Waals surface area contributed by atoms with Crippen LogP contribution in [0.5, 0.6) is 0 Å². The summed E-state index contributed by atoms with van der Waals surface area (Å²) >= 11 is 6.88. The summed E-state index contributed by atoms with van der Waals surface area (Å²) in [6, 6.07) is 29.8. The maximum atomic E-state index is 13.7. The van der Waals surface area contributed by atoms with E-state index in [9.17, 15) is 9.59 Å². The van der Waals surface area contributed by atoms with Gasteiger partial charge in [0, 0.05) is 20.2 Å². The Labute approximate surface area is 215 Å². The number of benzene rings is 4. The zero-order chi connectivity index (χ0) is 24.1. The van der Waals surface area contributed by atoms with Crippen LogP contribution in [0.25, 0.3) is 0 Å². The number of aryl methyl sites for hydroxylation is 1. The Morgan fingerprint density at radius 1 is 0.765 bits per heavy atom. The van der Waals surface area contributed by atoms with E-state index in [-0.39, 0.29) is 11.8 Å². The molecule has 0 radical (unpaired) electrons. The van der Waals surface area contributed by atoms with E-state index < -0.39 is 0 Å². The van der Waals surface area contributed by atoms with Crippen molar-refractivity contribution < 1.29 is 9.59 Å². The van der Waals surface area contributed by atoms with Crippen molar-refractivity contribution in [3.63, 3.8) is 0 Å². The Balaban J connectivity index is 1.74.